The molecular formula is C21H18ClN3O2. The van der Waals surface area contributed by atoms with Gasteiger partial charge < -0.3 is 4.74 Å². The number of rotatable bonds is 4. The number of carbonyl (C=O) groups excluding carboxylic acids is 1. The fourth-order valence-corrected chi connectivity index (χ4v) is 3.21. The van der Waals surface area contributed by atoms with Gasteiger partial charge in [0.1, 0.15) is 6.07 Å². The molecule has 0 bridgehead atoms. The fourth-order valence-electron chi connectivity index (χ4n) is 2.99. The van der Waals surface area contributed by atoms with E-state index in [0.29, 0.717) is 22.6 Å². The van der Waals surface area contributed by atoms with E-state index in [-0.39, 0.29) is 5.97 Å². The maximum atomic E-state index is 11.6. The summed E-state index contributed by atoms with van der Waals surface area (Å²) in [6.45, 7) is 3.97. The predicted octanol–water partition coefficient (Wildman–Crippen LogP) is 4.39. The molecule has 0 unspecified atom stereocenters. The Labute approximate surface area is 162 Å². The third-order valence-electron chi connectivity index (χ3n) is 4.51. The van der Waals surface area contributed by atoms with Crippen LogP contribution in [0.1, 0.15) is 38.4 Å². The van der Waals surface area contributed by atoms with Crippen molar-refractivity contribution in [3.63, 3.8) is 0 Å². The normalized spacial score (nSPS) is 10.5. The zero-order valence-corrected chi connectivity index (χ0v) is 16.0. The van der Waals surface area contributed by atoms with Crippen LogP contribution < -0.4 is 0 Å². The molecule has 0 aliphatic carbocycles. The van der Waals surface area contributed by atoms with Gasteiger partial charge in [0, 0.05) is 17.7 Å². The molecule has 0 amide bonds. The van der Waals surface area contributed by atoms with E-state index in [1.807, 2.05) is 36.7 Å². The summed E-state index contributed by atoms with van der Waals surface area (Å²) in [5.74, 6) is -0.348. The lowest BCUT2D eigenvalue weighted by molar-refractivity contribution is 0.0600. The number of carbonyl (C=O) groups is 1. The SMILES string of the molecule is COC(=O)c1ccc(Cc2c(C)nn(-c3ccc(C#N)c(Cl)c3)c2C)cc1. The Kier molecular flexibility index (Phi) is 5.29. The first-order valence-corrected chi connectivity index (χ1v) is 8.74. The fraction of sp³-hybridized carbons (Fsp3) is 0.190. The molecule has 3 rings (SSSR count). The topological polar surface area (TPSA) is 67.9 Å². The van der Waals surface area contributed by atoms with Crippen LogP contribution in [-0.4, -0.2) is 22.9 Å². The van der Waals surface area contributed by atoms with Crippen LogP contribution in [0.2, 0.25) is 5.02 Å². The quantitative estimate of drug-likeness (QED) is 0.630. The highest BCUT2D eigenvalue weighted by Gasteiger charge is 2.15. The number of nitrogens with zero attached hydrogens (tertiary/aromatic N) is 3. The lowest BCUT2D eigenvalue weighted by Crippen LogP contribution is -2.02. The summed E-state index contributed by atoms with van der Waals surface area (Å²) in [6.07, 6.45) is 0.698. The van der Waals surface area contributed by atoms with Crippen LogP contribution in [0.4, 0.5) is 0 Å². The Bertz CT molecular complexity index is 1050. The Morgan fingerprint density at radius 2 is 1.93 bits per heavy atom. The Morgan fingerprint density at radius 1 is 1.22 bits per heavy atom. The molecule has 2 aromatic carbocycles. The molecule has 0 saturated heterocycles. The van der Waals surface area contributed by atoms with E-state index in [9.17, 15) is 4.79 Å². The van der Waals surface area contributed by atoms with Gasteiger partial charge >= 0.3 is 5.97 Å². The second-order valence-corrected chi connectivity index (χ2v) is 6.61. The van der Waals surface area contributed by atoms with Crippen molar-refractivity contribution in [1.82, 2.24) is 9.78 Å². The molecule has 0 spiro atoms. The molecule has 6 heteroatoms. The van der Waals surface area contributed by atoms with Crippen LogP contribution >= 0.6 is 11.6 Å². The summed E-state index contributed by atoms with van der Waals surface area (Å²) in [5, 5.41) is 14.1. The molecule has 27 heavy (non-hydrogen) atoms. The number of ether oxygens (including phenoxy) is 1. The van der Waals surface area contributed by atoms with E-state index in [1.165, 1.54) is 7.11 Å². The maximum absolute atomic E-state index is 11.6. The zero-order chi connectivity index (χ0) is 19.6. The van der Waals surface area contributed by atoms with Crippen LogP contribution in [0.3, 0.4) is 0 Å². The predicted molar refractivity (Wildman–Crippen MR) is 103 cm³/mol. The van der Waals surface area contributed by atoms with Gasteiger partial charge in [-0.05, 0) is 49.7 Å². The zero-order valence-electron chi connectivity index (χ0n) is 15.3. The number of benzene rings is 2. The molecule has 0 atom stereocenters. The number of aryl methyl sites for hydroxylation is 1. The molecule has 0 radical (unpaired) electrons. The van der Waals surface area contributed by atoms with Crippen LogP contribution in [0.15, 0.2) is 42.5 Å². The van der Waals surface area contributed by atoms with Crippen molar-refractivity contribution in [1.29, 1.82) is 5.26 Å². The minimum atomic E-state index is -0.348. The average molecular weight is 380 g/mol. The van der Waals surface area contributed by atoms with E-state index in [0.717, 1.165) is 28.2 Å². The summed E-state index contributed by atoms with van der Waals surface area (Å²) in [7, 11) is 1.37. The molecule has 1 aromatic heterocycles. The standard InChI is InChI=1S/C21H18ClN3O2/c1-13-19(10-15-4-6-16(7-5-15)21(26)27-3)14(2)25(24-13)18-9-8-17(12-23)20(22)11-18/h4-9,11H,10H2,1-3H3. The van der Waals surface area contributed by atoms with Crippen molar-refractivity contribution in [2.45, 2.75) is 20.3 Å². The minimum Gasteiger partial charge on any atom is -0.465 e. The number of esters is 1. The second-order valence-electron chi connectivity index (χ2n) is 6.20. The van der Waals surface area contributed by atoms with Crippen molar-refractivity contribution >= 4 is 17.6 Å². The van der Waals surface area contributed by atoms with Crippen molar-refractivity contribution in [3.05, 3.63) is 81.1 Å². The van der Waals surface area contributed by atoms with E-state index in [1.54, 1.807) is 24.3 Å². The number of halogens is 1. The Morgan fingerprint density at radius 3 is 2.52 bits per heavy atom. The van der Waals surface area contributed by atoms with E-state index in [2.05, 4.69) is 11.2 Å². The van der Waals surface area contributed by atoms with Crippen LogP contribution in [0.25, 0.3) is 5.69 Å². The summed E-state index contributed by atoms with van der Waals surface area (Å²) in [5.41, 5.74) is 5.89. The molecule has 1 heterocycles. The number of aromatic nitrogens is 2. The molecule has 3 aromatic rings. The van der Waals surface area contributed by atoms with Gasteiger partial charge in [-0.2, -0.15) is 10.4 Å². The molecule has 0 aliphatic heterocycles. The Balaban J connectivity index is 1.91. The smallest absolute Gasteiger partial charge is 0.337 e. The van der Waals surface area contributed by atoms with Gasteiger partial charge in [-0.1, -0.05) is 23.7 Å². The summed E-state index contributed by atoms with van der Waals surface area (Å²) in [4.78, 5) is 11.6. The summed E-state index contributed by atoms with van der Waals surface area (Å²) < 4.78 is 6.56. The van der Waals surface area contributed by atoms with Crippen LogP contribution in [-0.2, 0) is 11.2 Å². The summed E-state index contributed by atoms with van der Waals surface area (Å²) >= 11 is 6.16. The van der Waals surface area contributed by atoms with Crippen LogP contribution in [0, 0.1) is 25.2 Å². The number of hydrogen-bond acceptors (Lipinski definition) is 4. The number of methoxy groups -OCH3 is 1. The highest BCUT2D eigenvalue weighted by Crippen LogP contribution is 2.24. The van der Waals surface area contributed by atoms with Crippen molar-refractivity contribution < 1.29 is 9.53 Å². The molecular weight excluding hydrogens is 362 g/mol. The summed E-state index contributed by atoms with van der Waals surface area (Å²) in [6, 6.07) is 14.7. The van der Waals surface area contributed by atoms with Crippen molar-refractivity contribution in [2.24, 2.45) is 0 Å². The average Bonchev–Trinajstić information content (AvgIpc) is 2.96. The number of nitriles is 1. The first-order chi connectivity index (χ1) is 12.9. The first kappa shape index (κ1) is 18.7. The van der Waals surface area contributed by atoms with Crippen molar-refractivity contribution in [2.75, 3.05) is 7.11 Å². The molecule has 136 valence electrons. The van der Waals surface area contributed by atoms with Gasteiger partial charge in [-0.15, -0.1) is 0 Å². The van der Waals surface area contributed by atoms with E-state index < -0.39 is 0 Å². The van der Waals surface area contributed by atoms with Crippen LogP contribution in [0.5, 0.6) is 0 Å². The maximum Gasteiger partial charge on any atom is 0.337 e. The third-order valence-corrected chi connectivity index (χ3v) is 4.83. The van der Waals surface area contributed by atoms with Gasteiger partial charge in [0.05, 0.1) is 34.6 Å². The van der Waals surface area contributed by atoms with E-state index in [4.69, 9.17) is 21.6 Å². The molecule has 0 N–H and O–H groups in total. The van der Waals surface area contributed by atoms with Gasteiger partial charge in [0.2, 0.25) is 0 Å². The molecule has 5 nitrogen and oxygen atoms in total. The lowest BCUT2D eigenvalue weighted by Gasteiger charge is -2.07. The largest absolute Gasteiger partial charge is 0.465 e. The highest BCUT2D eigenvalue weighted by molar-refractivity contribution is 6.31. The number of hydrogen-bond donors (Lipinski definition) is 0. The third kappa shape index (κ3) is 3.71. The first-order valence-electron chi connectivity index (χ1n) is 8.37. The molecule has 0 fully saturated rings. The second kappa shape index (κ2) is 7.65. The van der Waals surface area contributed by atoms with Gasteiger partial charge in [0.15, 0.2) is 0 Å². The highest BCUT2D eigenvalue weighted by atomic mass is 35.5. The van der Waals surface area contributed by atoms with Crippen molar-refractivity contribution in [3.8, 4) is 11.8 Å². The van der Waals surface area contributed by atoms with Gasteiger partial charge in [-0.3, -0.25) is 0 Å². The van der Waals surface area contributed by atoms with Gasteiger partial charge in [-0.25, -0.2) is 9.48 Å². The Hall–Kier alpha value is -3.10. The lowest BCUT2D eigenvalue weighted by atomic mass is 10.0. The minimum absolute atomic E-state index is 0.348. The van der Waals surface area contributed by atoms with Gasteiger partial charge in [0.25, 0.3) is 0 Å². The molecule has 0 saturated carbocycles. The van der Waals surface area contributed by atoms with E-state index >= 15 is 0 Å². The monoisotopic (exact) mass is 379 g/mol. The molecule has 0 aliphatic rings.